The first-order valence-corrected chi connectivity index (χ1v) is 7.57. The second kappa shape index (κ2) is 14.0. The average molecular weight is 264 g/mol. The summed E-state index contributed by atoms with van der Waals surface area (Å²) >= 11 is 0. The van der Waals surface area contributed by atoms with Crippen molar-refractivity contribution in [2.24, 2.45) is 0 Å². The first kappa shape index (κ1) is 17.0. The fraction of sp³-hybridized carbons (Fsp3) is 0.917. The molecule has 0 aliphatic carbocycles. The van der Waals surface area contributed by atoms with Gasteiger partial charge in [0, 0.05) is 6.42 Å². The Morgan fingerprint density at radius 1 is 0.882 bits per heavy atom. The van der Waals surface area contributed by atoms with Crippen molar-refractivity contribution in [1.29, 1.82) is 0 Å². The van der Waals surface area contributed by atoms with Gasteiger partial charge in [-0.3, -0.25) is 0 Å². The zero-order valence-corrected chi connectivity index (χ0v) is 11.9. The van der Waals surface area contributed by atoms with Gasteiger partial charge in [0.1, 0.15) is 6.29 Å². The summed E-state index contributed by atoms with van der Waals surface area (Å²) in [6, 6.07) is 0. The maximum absolute atomic E-state index is 10.2. The molecule has 0 spiro atoms. The number of hydrogen-bond donors (Lipinski definition) is 0. The van der Waals surface area contributed by atoms with Crippen molar-refractivity contribution in [3.8, 4) is 0 Å². The van der Waals surface area contributed by atoms with E-state index < -0.39 is 8.60 Å². The lowest BCUT2D eigenvalue weighted by atomic mass is 10.4. The summed E-state index contributed by atoms with van der Waals surface area (Å²) in [5.74, 6) is 0. The van der Waals surface area contributed by atoms with Gasteiger partial charge < -0.3 is 18.4 Å². The van der Waals surface area contributed by atoms with E-state index in [0.717, 1.165) is 38.4 Å². The quantitative estimate of drug-likeness (QED) is 0.288. The van der Waals surface area contributed by atoms with Crippen LogP contribution in [0.1, 0.15) is 52.4 Å². The summed E-state index contributed by atoms with van der Waals surface area (Å²) in [7, 11) is -1.22. The number of hydrogen-bond acceptors (Lipinski definition) is 4. The number of aldehydes is 1. The third-order valence-electron chi connectivity index (χ3n) is 2.05. The van der Waals surface area contributed by atoms with Crippen molar-refractivity contribution in [3.05, 3.63) is 0 Å². The highest BCUT2D eigenvalue weighted by Crippen LogP contribution is 2.40. The third-order valence-corrected chi connectivity index (χ3v) is 3.23. The van der Waals surface area contributed by atoms with Crippen LogP contribution in [0, 0.1) is 0 Å². The van der Waals surface area contributed by atoms with Gasteiger partial charge in [0.15, 0.2) is 0 Å². The van der Waals surface area contributed by atoms with Gasteiger partial charge in [0.05, 0.1) is 19.8 Å². The zero-order valence-electron chi connectivity index (χ0n) is 11.0. The fourth-order valence-corrected chi connectivity index (χ4v) is 2.04. The molecule has 0 amide bonds. The summed E-state index contributed by atoms with van der Waals surface area (Å²) in [5.41, 5.74) is 0. The Labute approximate surface area is 106 Å². The molecule has 0 atom stereocenters. The van der Waals surface area contributed by atoms with Crippen molar-refractivity contribution in [3.63, 3.8) is 0 Å². The summed E-state index contributed by atoms with van der Waals surface area (Å²) in [5, 5.41) is 0. The molecule has 0 rings (SSSR count). The summed E-state index contributed by atoms with van der Waals surface area (Å²) in [4.78, 5) is 10.2. The number of unbranched alkanes of at least 4 members (excludes halogenated alkanes) is 3. The van der Waals surface area contributed by atoms with E-state index in [4.69, 9.17) is 13.6 Å². The van der Waals surface area contributed by atoms with E-state index in [-0.39, 0.29) is 0 Å². The van der Waals surface area contributed by atoms with Crippen LogP contribution in [0.5, 0.6) is 0 Å². The maximum atomic E-state index is 10.2. The topological polar surface area (TPSA) is 44.8 Å². The zero-order chi connectivity index (χ0) is 12.8. The lowest BCUT2D eigenvalue weighted by molar-refractivity contribution is -0.108. The van der Waals surface area contributed by atoms with E-state index in [1.807, 2.05) is 0 Å². The maximum Gasteiger partial charge on any atom is 0.332 e. The Kier molecular flexibility index (Phi) is 14.0. The Bertz CT molecular complexity index is 157. The minimum absolute atomic E-state index is 0.530. The molecule has 0 saturated carbocycles. The van der Waals surface area contributed by atoms with Crippen LogP contribution in [-0.2, 0) is 18.4 Å². The van der Waals surface area contributed by atoms with Crippen LogP contribution in [0.15, 0.2) is 0 Å². The van der Waals surface area contributed by atoms with E-state index in [9.17, 15) is 4.79 Å². The fourth-order valence-electron chi connectivity index (χ4n) is 0.984. The largest absolute Gasteiger partial charge is 0.332 e. The van der Waals surface area contributed by atoms with Crippen LogP contribution in [0.4, 0.5) is 0 Å². The average Bonchev–Trinajstić information content (AvgIpc) is 2.34. The van der Waals surface area contributed by atoms with Crippen LogP contribution < -0.4 is 0 Å². The van der Waals surface area contributed by atoms with Crippen molar-refractivity contribution in [2.75, 3.05) is 19.8 Å². The second-order valence-corrected chi connectivity index (χ2v) is 4.96. The predicted octanol–water partition coefficient (Wildman–Crippen LogP) is 3.84. The van der Waals surface area contributed by atoms with E-state index in [1.165, 1.54) is 0 Å². The number of rotatable bonds is 13. The molecular formula is C12H25O4P. The Hall–Kier alpha value is -0.0200. The molecule has 0 bridgehead atoms. The predicted molar refractivity (Wildman–Crippen MR) is 69.9 cm³/mol. The molecule has 0 aromatic heterocycles. The highest BCUT2D eigenvalue weighted by Gasteiger charge is 2.11. The van der Waals surface area contributed by atoms with Gasteiger partial charge in [-0.25, -0.2) is 0 Å². The van der Waals surface area contributed by atoms with Crippen LogP contribution in [0.3, 0.4) is 0 Å². The van der Waals surface area contributed by atoms with Gasteiger partial charge in [0.25, 0.3) is 0 Å². The molecule has 17 heavy (non-hydrogen) atoms. The molecule has 0 radical (unpaired) electrons. The van der Waals surface area contributed by atoms with Crippen molar-refractivity contribution >= 4 is 14.9 Å². The second-order valence-electron chi connectivity index (χ2n) is 3.74. The minimum Gasteiger partial charge on any atom is -0.312 e. The van der Waals surface area contributed by atoms with Crippen LogP contribution >= 0.6 is 8.60 Å². The first-order chi connectivity index (χ1) is 8.35. The van der Waals surface area contributed by atoms with E-state index in [2.05, 4.69) is 13.8 Å². The molecule has 0 saturated heterocycles. The first-order valence-electron chi connectivity index (χ1n) is 6.47. The van der Waals surface area contributed by atoms with Crippen LogP contribution in [-0.4, -0.2) is 26.1 Å². The lowest BCUT2D eigenvalue weighted by Crippen LogP contribution is -2.00. The summed E-state index contributed by atoms with van der Waals surface area (Å²) < 4.78 is 16.6. The highest BCUT2D eigenvalue weighted by molar-refractivity contribution is 7.41. The van der Waals surface area contributed by atoms with Gasteiger partial charge in [0.2, 0.25) is 0 Å². The molecule has 0 heterocycles. The number of carbonyl (C=O) groups excluding carboxylic acids is 1. The molecule has 0 aliphatic rings. The van der Waals surface area contributed by atoms with Crippen molar-refractivity contribution < 1.29 is 18.4 Å². The molecule has 5 heteroatoms. The summed E-state index contributed by atoms with van der Waals surface area (Å²) in [6.07, 6.45) is 6.42. The van der Waals surface area contributed by atoms with Gasteiger partial charge in [-0.15, -0.1) is 0 Å². The molecule has 0 aromatic carbocycles. The molecular weight excluding hydrogens is 239 g/mol. The van der Waals surface area contributed by atoms with E-state index in [1.54, 1.807) is 0 Å². The molecule has 0 aromatic rings. The highest BCUT2D eigenvalue weighted by atomic mass is 31.2. The number of carbonyl (C=O) groups is 1. The SMILES string of the molecule is CCCCOP(OCCCC)OCCCC=O. The van der Waals surface area contributed by atoms with Gasteiger partial charge in [-0.1, -0.05) is 26.7 Å². The van der Waals surface area contributed by atoms with Gasteiger partial charge in [-0.05, 0) is 19.3 Å². The van der Waals surface area contributed by atoms with Crippen LogP contribution in [0.2, 0.25) is 0 Å². The van der Waals surface area contributed by atoms with E-state index >= 15 is 0 Å². The molecule has 0 N–H and O–H groups in total. The smallest absolute Gasteiger partial charge is 0.312 e. The Morgan fingerprint density at radius 2 is 1.35 bits per heavy atom. The Balaban J connectivity index is 3.63. The van der Waals surface area contributed by atoms with Gasteiger partial charge >= 0.3 is 8.60 Å². The van der Waals surface area contributed by atoms with Crippen molar-refractivity contribution in [2.45, 2.75) is 52.4 Å². The monoisotopic (exact) mass is 264 g/mol. The molecule has 4 nitrogen and oxygen atoms in total. The third kappa shape index (κ3) is 12.2. The van der Waals surface area contributed by atoms with Crippen LogP contribution in [0.25, 0.3) is 0 Å². The molecule has 0 fully saturated rings. The summed E-state index contributed by atoms with van der Waals surface area (Å²) in [6.45, 7) is 6.13. The van der Waals surface area contributed by atoms with Gasteiger partial charge in [-0.2, -0.15) is 0 Å². The molecule has 0 unspecified atom stereocenters. The lowest BCUT2D eigenvalue weighted by Gasteiger charge is -2.16. The standard InChI is InChI=1S/C12H25O4P/c1-3-5-10-14-17(15-11-6-4-2)16-12-8-7-9-13/h9H,3-8,10-12H2,1-2H3. The molecule has 102 valence electrons. The van der Waals surface area contributed by atoms with E-state index in [0.29, 0.717) is 26.2 Å². The van der Waals surface area contributed by atoms with Crippen molar-refractivity contribution in [1.82, 2.24) is 0 Å². The minimum atomic E-state index is -1.22. The normalized spacial score (nSPS) is 11.0. The Morgan fingerprint density at radius 3 is 1.76 bits per heavy atom. The molecule has 0 aliphatic heterocycles.